The van der Waals surface area contributed by atoms with Crippen LogP contribution in [0.4, 0.5) is 0 Å². The molecule has 2 heterocycles. The van der Waals surface area contributed by atoms with E-state index in [1.54, 1.807) is 0 Å². The normalized spacial score (nSPS) is 37.2. The maximum absolute atomic E-state index is 10.5. The van der Waals surface area contributed by atoms with Crippen LogP contribution in [0.2, 0.25) is 0 Å². The molecule has 0 bridgehead atoms. The monoisotopic (exact) mass is 142 g/mol. The van der Waals surface area contributed by atoms with Crippen LogP contribution in [0.3, 0.4) is 0 Å². The SMILES string of the molecule is O=C1C[C@H]2CC(=O)O[C@H]2O1. The molecule has 2 saturated heterocycles. The summed E-state index contributed by atoms with van der Waals surface area (Å²) in [7, 11) is 0. The van der Waals surface area contributed by atoms with E-state index in [2.05, 4.69) is 9.47 Å². The number of hydrogen-bond donors (Lipinski definition) is 0. The number of fused-ring (bicyclic) bond motifs is 1. The molecule has 0 atom stereocenters. The molecule has 2 fully saturated rings. The van der Waals surface area contributed by atoms with Gasteiger partial charge in [0.05, 0.1) is 18.8 Å². The first-order chi connectivity index (χ1) is 4.75. The van der Waals surface area contributed by atoms with Crippen LogP contribution in [0.1, 0.15) is 12.8 Å². The van der Waals surface area contributed by atoms with E-state index in [-0.39, 0.29) is 17.9 Å². The Kier molecular flexibility index (Phi) is 0.977. The van der Waals surface area contributed by atoms with Crippen molar-refractivity contribution >= 4 is 11.9 Å². The Morgan fingerprint density at radius 1 is 1.10 bits per heavy atom. The van der Waals surface area contributed by atoms with E-state index in [0.717, 1.165) is 0 Å². The fourth-order valence-electron chi connectivity index (χ4n) is 1.26. The van der Waals surface area contributed by atoms with Crippen molar-refractivity contribution in [2.75, 3.05) is 0 Å². The first kappa shape index (κ1) is 5.70. The Morgan fingerprint density at radius 3 is 2.00 bits per heavy atom. The summed E-state index contributed by atoms with van der Waals surface area (Å²) >= 11 is 0. The third-order valence-corrected chi connectivity index (χ3v) is 1.74. The third kappa shape index (κ3) is 0.683. The first-order valence-corrected chi connectivity index (χ1v) is 3.14. The summed E-state index contributed by atoms with van der Waals surface area (Å²) in [6.45, 7) is 0. The molecular weight excluding hydrogens is 136 g/mol. The second-order valence-electron chi connectivity index (χ2n) is 2.52. The molecule has 4 nitrogen and oxygen atoms in total. The quantitative estimate of drug-likeness (QED) is 0.440. The van der Waals surface area contributed by atoms with E-state index >= 15 is 0 Å². The Balaban J connectivity index is 2.12. The molecule has 0 amide bonds. The molecule has 0 aromatic rings. The molecular formula is C6H6O4. The molecule has 0 aliphatic carbocycles. The van der Waals surface area contributed by atoms with Gasteiger partial charge in [0.2, 0.25) is 0 Å². The Bertz CT molecular complexity index is 160. The van der Waals surface area contributed by atoms with Crippen LogP contribution in [-0.2, 0) is 19.1 Å². The fourth-order valence-corrected chi connectivity index (χ4v) is 1.26. The van der Waals surface area contributed by atoms with Gasteiger partial charge in [-0.2, -0.15) is 0 Å². The van der Waals surface area contributed by atoms with Gasteiger partial charge in [-0.3, -0.25) is 9.59 Å². The summed E-state index contributed by atoms with van der Waals surface area (Å²) in [5.74, 6) is -0.537. The van der Waals surface area contributed by atoms with Gasteiger partial charge in [0, 0.05) is 0 Å². The number of carbonyl (C=O) groups is 2. The first-order valence-electron chi connectivity index (χ1n) is 3.14. The largest absolute Gasteiger partial charge is 0.425 e. The predicted molar refractivity (Wildman–Crippen MR) is 28.7 cm³/mol. The molecule has 0 radical (unpaired) electrons. The van der Waals surface area contributed by atoms with Crippen LogP contribution < -0.4 is 0 Å². The summed E-state index contributed by atoms with van der Waals surface area (Å²) in [4.78, 5) is 21.1. The van der Waals surface area contributed by atoms with Crippen LogP contribution in [-0.4, -0.2) is 18.2 Å². The summed E-state index contributed by atoms with van der Waals surface area (Å²) in [6, 6.07) is 0. The zero-order valence-electron chi connectivity index (χ0n) is 5.20. The molecule has 0 N–H and O–H groups in total. The average molecular weight is 142 g/mol. The highest BCUT2D eigenvalue weighted by atomic mass is 16.7. The Hall–Kier alpha value is -1.06. The van der Waals surface area contributed by atoms with Gasteiger partial charge in [0.1, 0.15) is 0 Å². The van der Waals surface area contributed by atoms with Crippen molar-refractivity contribution in [2.24, 2.45) is 5.92 Å². The van der Waals surface area contributed by atoms with E-state index in [1.165, 1.54) is 0 Å². The van der Waals surface area contributed by atoms with Gasteiger partial charge >= 0.3 is 11.9 Å². The standard InChI is InChI=1S/C6H6O4/c7-4-1-3-2-5(8)10-6(3)9-4/h3,6H,1-2H2/t3-,6+. The van der Waals surface area contributed by atoms with Crippen molar-refractivity contribution in [1.82, 2.24) is 0 Å². The summed E-state index contributed by atoms with van der Waals surface area (Å²) in [5, 5.41) is 0. The fraction of sp³-hybridized carbons (Fsp3) is 0.667. The lowest BCUT2D eigenvalue weighted by Crippen LogP contribution is -2.11. The van der Waals surface area contributed by atoms with E-state index in [9.17, 15) is 9.59 Å². The zero-order valence-corrected chi connectivity index (χ0v) is 5.20. The Morgan fingerprint density at radius 2 is 1.60 bits per heavy atom. The molecule has 0 saturated carbocycles. The number of carbonyl (C=O) groups excluding carboxylic acids is 2. The van der Waals surface area contributed by atoms with Crippen molar-refractivity contribution in [3.8, 4) is 0 Å². The zero-order chi connectivity index (χ0) is 7.14. The molecule has 2 rings (SSSR count). The predicted octanol–water partition coefficient (Wildman–Crippen LogP) is -0.177. The number of rotatable bonds is 0. The van der Waals surface area contributed by atoms with Gasteiger partial charge in [0.25, 0.3) is 6.29 Å². The van der Waals surface area contributed by atoms with Crippen molar-refractivity contribution in [1.29, 1.82) is 0 Å². The van der Waals surface area contributed by atoms with Gasteiger partial charge in [0.15, 0.2) is 0 Å². The van der Waals surface area contributed by atoms with Gasteiger partial charge in [-0.05, 0) is 0 Å². The molecule has 0 unspecified atom stereocenters. The molecule has 54 valence electrons. The second kappa shape index (κ2) is 1.71. The van der Waals surface area contributed by atoms with E-state index < -0.39 is 6.29 Å². The average Bonchev–Trinajstić information content (AvgIpc) is 2.21. The van der Waals surface area contributed by atoms with Crippen LogP contribution in [0.15, 0.2) is 0 Å². The van der Waals surface area contributed by atoms with Crippen molar-refractivity contribution in [3.05, 3.63) is 0 Å². The lowest BCUT2D eigenvalue weighted by Gasteiger charge is -2.03. The highest BCUT2D eigenvalue weighted by Crippen LogP contribution is 2.31. The number of ether oxygens (including phenoxy) is 2. The highest BCUT2D eigenvalue weighted by molar-refractivity contribution is 5.78. The van der Waals surface area contributed by atoms with Crippen molar-refractivity contribution in [3.63, 3.8) is 0 Å². The molecule has 10 heavy (non-hydrogen) atoms. The van der Waals surface area contributed by atoms with Gasteiger partial charge < -0.3 is 9.47 Å². The highest BCUT2D eigenvalue weighted by Gasteiger charge is 2.44. The van der Waals surface area contributed by atoms with Gasteiger partial charge in [-0.1, -0.05) is 0 Å². The van der Waals surface area contributed by atoms with E-state index in [4.69, 9.17) is 0 Å². The maximum Gasteiger partial charge on any atom is 0.309 e. The molecule has 4 heteroatoms. The van der Waals surface area contributed by atoms with Crippen LogP contribution in [0.5, 0.6) is 0 Å². The molecule has 0 aromatic heterocycles. The van der Waals surface area contributed by atoms with Crippen molar-refractivity contribution < 1.29 is 19.1 Å². The van der Waals surface area contributed by atoms with E-state index in [0.29, 0.717) is 12.8 Å². The molecule has 0 aromatic carbocycles. The molecule has 2 aliphatic heterocycles. The maximum atomic E-state index is 10.5. The summed E-state index contributed by atoms with van der Waals surface area (Å²) in [6.07, 6.45) is 0.0901. The second-order valence-corrected chi connectivity index (χ2v) is 2.52. The topological polar surface area (TPSA) is 52.6 Å². The lowest BCUT2D eigenvalue weighted by atomic mass is 10.1. The lowest BCUT2D eigenvalue weighted by molar-refractivity contribution is -0.169. The van der Waals surface area contributed by atoms with Crippen LogP contribution in [0.25, 0.3) is 0 Å². The molecule has 2 aliphatic rings. The minimum absolute atomic E-state index is 0.0139. The van der Waals surface area contributed by atoms with Crippen LogP contribution in [0, 0.1) is 5.92 Å². The minimum Gasteiger partial charge on any atom is -0.425 e. The van der Waals surface area contributed by atoms with Crippen LogP contribution >= 0.6 is 0 Å². The Labute approximate surface area is 57.1 Å². The summed E-state index contributed by atoms with van der Waals surface area (Å²) < 4.78 is 9.35. The van der Waals surface area contributed by atoms with Gasteiger partial charge in [-0.25, -0.2) is 0 Å². The number of esters is 2. The summed E-state index contributed by atoms with van der Waals surface area (Å²) in [5.41, 5.74) is 0. The van der Waals surface area contributed by atoms with Crippen molar-refractivity contribution in [2.45, 2.75) is 19.1 Å². The third-order valence-electron chi connectivity index (χ3n) is 1.74. The number of hydrogen-bond acceptors (Lipinski definition) is 4. The van der Waals surface area contributed by atoms with E-state index in [1.807, 2.05) is 0 Å². The molecule has 0 spiro atoms. The minimum atomic E-state index is -0.569. The van der Waals surface area contributed by atoms with Gasteiger partial charge in [-0.15, -0.1) is 0 Å². The smallest absolute Gasteiger partial charge is 0.309 e.